The van der Waals surface area contributed by atoms with E-state index in [-0.39, 0.29) is 23.4 Å². The molecule has 2 heterocycles. The van der Waals surface area contributed by atoms with Gasteiger partial charge in [0.1, 0.15) is 5.82 Å². The van der Waals surface area contributed by atoms with Gasteiger partial charge in [0.15, 0.2) is 0 Å². The maximum atomic E-state index is 13.5. The van der Waals surface area contributed by atoms with Gasteiger partial charge in [0.2, 0.25) is 0 Å². The minimum atomic E-state index is -0.633. The Morgan fingerprint density at radius 2 is 1.79 bits per heavy atom. The molecule has 29 heavy (non-hydrogen) atoms. The van der Waals surface area contributed by atoms with Crippen LogP contribution in [0.3, 0.4) is 0 Å². The predicted molar refractivity (Wildman–Crippen MR) is 104 cm³/mol. The van der Waals surface area contributed by atoms with Crippen LogP contribution < -0.4 is 0 Å². The first kappa shape index (κ1) is 17.7. The number of urea groups is 1. The SMILES string of the molecule is O=C1N(C2C3CC4CC2CC(C(=O)O)(C4)C3)CC2(c3ccc(F)cc3)CCCN12. The number of nitrogens with zero attached hydrogens (tertiary/aromatic N) is 2. The highest BCUT2D eigenvalue weighted by Crippen LogP contribution is 2.62. The molecule has 4 saturated carbocycles. The molecule has 6 heteroatoms. The average Bonchev–Trinajstić information content (AvgIpc) is 3.21. The summed E-state index contributed by atoms with van der Waals surface area (Å²) in [5, 5.41) is 9.91. The number of benzene rings is 1. The lowest BCUT2D eigenvalue weighted by atomic mass is 9.47. The summed E-state index contributed by atoms with van der Waals surface area (Å²) >= 11 is 0. The topological polar surface area (TPSA) is 60.9 Å². The first-order valence-electron chi connectivity index (χ1n) is 11.0. The second-order valence-corrected chi connectivity index (χ2v) is 10.3. The molecule has 1 aromatic rings. The van der Waals surface area contributed by atoms with E-state index in [2.05, 4.69) is 4.90 Å². The van der Waals surface area contributed by atoms with E-state index in [9.17, 15) is 19.1 Å². The van der Waals surface area contributed by atoms with Crippen molar-refractivity contribution in [2.45, 2.75) is 56.5 Å². The maximum Gasteiger partial charge on any atom is 0.321 e. The molecule has 5 nitrogen and oxygen atoms in total. The van der Waals surface area contributed by atoms with Crippen molar-refractivity contribution < 1.29 is 19.1 Å². The van der Waals surface area contributed by atoms with Crippen LogP contribution in [-0.2, 0) is 10.3 Å². The first-order chi connectivity index (χ1) is 13.9. The Labute approximate surface area is 169 Å². The molecule has 154 valence electrons. The fraction of sp³-hybridized carbons (Fsp3) is 0.652. The Kier molecular flexibility index (Phi) is 3.50. The van der Waals surface area contributed by atoms with Crippen molar-refractivity contribution in [3.63, 3.8) is 0 Å². The Morgan fingerprint density at radius 1 is 1.10 bits per heavy atom. The average molecular weight is 398 g/mol. The van der Waals surface area contributed by atoms with Gasteiger partial charge < -0.3 is 14.9 Å². The maximum absolute atomic E-state index is 13.5. The van der Waals surface area contributed by atoms with E-state index in [4.69, 9.17) is 0 Å². The van der Waals surface area contributed by atoms with Crippen LogP contribution in [-0.4, -0.2) is 46.0 Å². The fourth-order valence-corrected chi connectivity index (χ4v) is 7.98. The monoisotopic (exact) mass is 398 g/mol. The lowest BCUT2D eigenvalue weighted by Crippen LogP contribution is -2.61. The minimum absolute atomic E-state index is 0.105. The molecule has 6 fully saturated rings. The van der Waals surface area contributed by atoms with Gasteiger partial charge in [-0.1, -0.05) is 12.1 Å². The smallest absolute Gasteiger partial charge is 0.321 e. The van der Waals surface area contributed by atoms with E-state index in [0.29, 0.717) is 37.1 Å². The highest BCUT2D eigenvalue weighted by atomic mass is 19.1. The van der Waals surface area contributed by atoms with Crippen LogP contribution in [0.15, 0.2) is 24.3 Å². The van der Waals surface area contributed by atoms with E-state index in [1.807, 2.05) is 17.0 Å². The largest absolute Gasteiger partial charge is 0.481 e. The number of hydrogen-bond acceptors (Lipinski definition) is 2. The van der Waals surface area contributed by atoms with Gasteiger partial charge in [-0.25, -0.2) is 9.18 Å². The zero-order valence-corrected chi connectivity index (χ0v) is 16.5. The Hall–Kier alpha value is -2.11. The van der Waals surface area contributed by atoms with Crippen LogP contribution in [0.2, 0.25) is 0 Å². The van der Waals surface area contributed by atoms with Gasteiger partial charge in [0, 0.05) is 12.6 Å². The quantitative estimate of drug-likeness (QED) is 0.842. The highest BCUT2D eigenvalue weighted by molar-refractivity contribution is 5.80. The first-order valence-corrected chi connectivity index (χ1v) is 11.0. The van der Waals surface area contributed by atoms with Crippen molar-refractivity contribution in [3.05, 3.63) is 35.6 Å². The molecule has 2 aliphatic heterocycles. The molecule has 4 aliphatic carbocycles. The molecule has 1 aromatic carbocycles. The van der Waals surface area contributed by atoms with E-state index >= 15 is 0 Å². The molecule has 1 N–H and O–H groups in total. The number of carboxylic acid groups (broad SMARTS) is 1. The van der Waals surface area contributed by atoms with Crippen molar-refractivity contribution in [2.75, 3.05) is 13.1 Å². The third-order valence-corrected chi connectivity index (χ3v) is 8.82. The van der Waals surface area contributed by atoms with Crippen LogP contribution in [0, 0.1) is 29.0 Å². The van der Waals surface area contributed by atoms with Crippen molar-refractivity contribution >= 4 is 12.0 Å². The van der Waals surface area contributed by atoms with Crippen LogP contribution in [0.5, 0.6) is 0 Å². The summed E-state index contributed by atoms with van der Waals surface area (Å²) in [7, 11) is 0. The second-order valence-electron chi connectivity index (χ2n) is 10.3. The Morgan fingerprint density at radius 3 is 2.45 bits per heavy atom. The van der Waals surface area contributed by atoms with Crippen LogP contribution in [0.1, 0.15) is 50.5 Å². The molecule has 7 rings (SSSR count). The summed E-state index contributed by atoms with van der Waals surface area (Å²) in [6.07, 6.45) is 6.25. The molecule has 2 saturated heterocycles. The summed E-state index contributed by atoms with van der Waals surface area (Å²) in [5.74, 6) is 0.212. The van der Waals surface area contributed by atoms with Gasteiger partial charge >= 0.3 is 12.0 Å². The third kappa shape index (κ3) is 2.26. The van der Waals surface area contributed by atoms with Gasteiger partial charge in [-0.15, -0.1) is 0 Å². The van der Waals surface area contributed by atoms with Crippen LogP contribution >= 0.6 is 0 Å². The van der Waals surface area contributed by atoms with E-state index in [1.165, 1.54) is 12.1 Å². The standard InChI is InChI=1S/C23H27FN2O3/c24-18-4-2-17(3-5-18)23-6-1-7-26(23)21(29)25(13-23)19-15-8-14-9-16(19)12-22(10-14,11-15)20(27)28/h2-5,14-16,19H,1,6-13H2,(H,27,28). The molecular formula is C23H27FN2O3. The summed E-state index contributed by atoms with van der Waals surface area (Å²) in [4.78, 5) is 29.7. The molecule has 0 radical (unpaired) electrons. The number of carbonyl (C=O) groups excluding carboxylic acids is 1. The van der Waals surface area contributed by atoms with E-state index in [0.717, 1.165) is 44.2 Å². The zero-order chi connectivity index (χ0) is 20.0. The van der Waals surface area contributed by atoms with Crippen molar-refractivity contribution in [1.29, 1.82) is 0 Å². The molecule has 4 bridgehead atoms. The van der Waals surface area contributed by atoms with Crippen molar-refractivity contribution in [1.82, 2.24) is 9.80 Å². The summed E-state index contributed by atoms with van der Waals surface area (Å²) < 4.78 is 13.5. The number of hydrogen-bond donors (Lipinski definition) is 1. The number of carbonyl (C=O) groups is 2. The predicted octanol–water partition coefficient (Wildman–Crippen LogP) is 3.83. The molecule has 3 unspecified atom stereocenters. The number of aliphatic carboxylic acids is 1. The van der Waals surface area contributed by atoms with Crippen LogP contribution in [0.25, 0.3) is 0 Å². The lowest BCUT2D eigenvalue weighted by molar-refractivity contribution is -0.170. The lowest BCUT2D eigenvalue weighted by Gasteiger charge is -2.60. The Bertz CT molecular complexity index is 871. The van der Waals surface area contributed by atoms with E-state index < -0.39 is 11.4 Å². The third-order valence-electron chi connectivity index (χ3n) is 8.82. The number of halogens is 1. The number of fused-ring (bicyclic) bond motifs is 1. The minimum Gasteiger partial charge on any atom is -0.481 e. The fourth-order valence-electron chi connectivity index (χ4n) is 7.98. The zero-order valence-electron chi connectivity index (χ0n) is 16.5. The molecule has 3 atom stereocenters. The van der Waals surface area contributed by atoms with Gasteiger partial charge in [0.25, 0.3) is 0 Å². The number of amides is 2. The number of rotatable bonds is 3. The molecule has 0 spiro atoms. The Balaban J connectivity index is 1.34. The molecule has 2 amide bonds. The second kappa shape index (κ2) is 5.73. The molecular weight excluding hydrogens is 371 g/mol. The normalized spacial score (nSPS) is 42.6. The van der Waals surface area contributed by atoms with Gasteiger partial charge in [-0.2, -0.15) is 0 Å². The van der Waals surface area contributed by atoms with Gasteiger partial charge in [-0.3, -0.25) is 4.79 Å². The van der Waals surface area contributed by atoms with Crippen molar-refractivity contribution in [3.8, 4) is 0 Å². The summed E-state index contributed by atoms with van der Waals surface area (Å²) in [6.45, 7) is 1.40. The summed E-state index contributed by atoms with van der Waals surface area (Å²) in [5.41, 5.74) is 0.114. The van der Waals surface area contributed by atoms with Gasteiger partial charge in [-0.05, 0) is 80.4 Å². The molecule has 6 aliphatic rings. The van der Waals surface area contributed by atoms with Gasteiger partial charge in [0.05, 0.1) is 17.5 Å². The summed E-state index contributed by atoms with van der Waals surface area (Å²) in [6, 6.07) is 6.92. The number of carboxylic acids is 1. The molecule has 0 aromatic heterocycles. The van der Waals surface area contributed by atoms with Crippen molar-refractivity contribution in [2.24, 2.45) is 23.2 Å². The van der Waals surface area contributed by atoms with E-state index in [1.54, 1.807) is 0 Å². The van der Waals surface area contributed by atoms with Crippen LogP contribution in [0.4, 0.5) is 9.18 Å². The highest BCUT2D eigenvalue weighted by Gasteiger charge is 2.63.